The van der Waals surface area contributed by atoms with Crippen molar-refractivity contribution >= 4 is 12.1 Å². The lowest BCUT2D eigenvalue weighted by atomic mass is 10.1. The molecule has 0 saturated carbocycles. The average Bonchev–Trinajstić information content (AvgIpc) is 1.93. The van der Waals surface area contributed by atoms with Gasteiger partial charge in [-0.05, 0) is 20.8 Å². The zero-order valence-electron chi connectivity index (χ0n) is 8.94. The molecule has 0 radical (unpaired) electrons. The third-order valence-corrected chi connectivity index (χ3v) is 1.77. The number of rotatable bonds is 2. The van der Waals surface area contributed by atoms with Gasteiger partial charge in [-0.1, -0.05) is 0 Å². The predicted molar refractivity (Wildman–Crippen MR) is 50.5 cm³/mol. The molecule has 0 unspecified atom stereocenters. The fourth-order valence-electron chi connectivity index (χ4n) is 1.11. The number of amides is 1. The van der Waals surface area contributed by atoms with Crippen LogP contribution in [0.1, 0.15) is 20.8 Å². The highest BCUT2D eigenvalue weighted by Crippen LogP contribution is 2.14. The maximum atomic E-state index is 11.2. The van der Waals surface area contributed by atoms with Gasteiger partial charge in [0, 0.05) is 0 Å². The van der Waals surface area contributed by atoms with Crippen molar-refractivity contribution in [2.24, 2.45) is 0 Å². The monoisotopic (exact) mass is 217 g/mol. The van der Waals surface area contributed by atoms with Crippen molar-refractivity contribution in [1.29, 1.82) is 0 Å². The summed E-state index contributed by atoms with van der Waals surface area (Å²) >= 11 is 0. The summed E-state index contributed by atoms with van der Waals surface area (Å²) in [5.41, 5.74) is -0.590. The first-order valence-corrected chi connectivity index (χ1v) is 4.63. The Balaban J connectivity index is 2.36. The summed E-state index contributed by atoms with van der Waals surface area (Å²) in [5, 5.41) is 11.1. The molecule has 0 bridgehead atoms. The van der Waals surface area contributed by atoms with Gasteiger partial charge >= 0.3 is 12.1 Å². The van der Waals surface area contributed by atoms with Gasteiger partial charge in [-0.2, -0.15) is 0 Å². The highest BCUT2D eigenvalue weighted by Gasteiger charge is 2.39. The van der Waals surface area contributed by atoms with Gasteiger partial charge in [0.25, 0.3) is 0 Å². The van der Waals surface area contributed by atoms with E-state index in [1.807, 2.05) is 0 Å². The Bertz CT molecular complexity index is 270. The van der Waals surface area contributed by atoms with Gasteiger partial charge in [-0.15, -0.1) is 0 Å². The molecule has 0 aliphatic carbocycles. The van der Waals surface area contributed by atoms with Crippen LogP contribution in [-0.4, -0.2) is 41.5 Å². The number of carboxylic acids is 1. The molecule has 1 rings (SSSR count). The van der Waals surface area contributed by atoms with Crippen molar-refractivity contribution < 1.29 is 24.2 Å². The Hall–Kier alpha value is -1.30. The standard InChI is InChI=1S/C9H15NO5/c1-9(2,3)15-8(13)10-5-4-14-6(5)7(11)12/h5-6H,4H2,1-3H3,(H,10,13)(H,11,12)/t5-,6-/m0/s1. The molecule has 2 N–H and O–H groups in total. The fraction of sp³-hybridized carbons (Fsp3) is 0.778. The van der Waals surface area contributed by atoms with Crippen LogP contribution in [0.3, 0.4) is 0 Å². The second-order valence-electron chi connectivity index (χ2n) is 4.34. The minimum absolute atomic E-state index is 0.205. The molecule has 1 saturated heterocycles. The molecule has 1 aliphatic rings. The number of ether oxygens (including phenoxy) is 2. The van der Waals surface area contributed by atoms with Crippen LogP contribution >= 0.6 is 0 Å². The summed E-state index contributed by atoms with van der Waals surface area (Å²) in [6.07, 6.45) is -1.58. The lowest BCUT2D eigenvalue weighted by Crippen LogP contribution is -2.59. The van der Waals surface area contributed by atoms with E-state index in [0.717, 1.165) is 0 Å². The van der Waals surface area contributed by atoms with Gasteiger partial charge in [-0.25, -0.2) is 9.59 Å². The molecule has 1 fully saturated rings. The molecule has 0 aromatic heterocycles. The van der Waals surface area contributed by atoms with Crippen molar-refractivity contribution in [2.45, 2.75) is 38.5 Å². The van der Waals surface area contributed by atoms with E-state index in [2.05, 4.69) is 5.32 Å². The molecule has 0 spiro atoms. The largest absolute Gasteiger partial charge is 0.479 e. The van der Waals surface area contributed by atoms with E-state index >= 15 is 0 Å². The van der Waals surface area contributed by atoms with Crippen LogP contribution in [0, 0.1) is 0 Å². The number of carbonyl (C=O) groups excluding carboxylic acids is 1. The minimum atomic E-state index is -1.08. The van der Waals surface area contributed by atoms with E-state index in [1.165, 1.54) is 0 Å². The van der Waals surface area contributed by atoms with Crippen LogP contribution in [0.4, 0.5) is 4.79 Å². The van der Waals surface area contributed by atoms with Gasteiger partial charge in [0.05, 0.1) is 12.6 Å². The van der Waals surface area contributed by atoms with Crippen molar-refractivity contribution in [3.05, 3.63) is 0 Å². The Morgan fingerprint density at radius 1 is 1.47 bits per heavy atom. The topological polar surface area (TPSA) is 84.9 Å². The van der Waals surface area contributed by atoms with E-state index in [9.17, 15) is 9.59 Å². The maximum absolute atomic E-state index is 11.2. The van der Waals surface area contributed by atoms with E-state index < -0.39 is 29.8 Å². The molecule has 0 aromatic rings. The zero-order chi connectivity index (χ0) is 11.6. The van der Waals surface area contributed by atoms with Gasteiger partial charge in [0.15, 0.2) is 6.10 Å². The number of carbonyl (C=O) groups is 2. The lowest BCUT2D eigenvalue weighted by Gasteiger charge is -2.34. The molecule has 0 aromatic carbocycles. The number of aliphatic carboxylic acids is 1. The van der Waals surface area contributed by atoms with E-state index in [-0.39, 0.29) is 6.61 Å². The van der Waals surface area contributed by atoms with Crippen molar-refractivity contribution in [3.8, 4) is 0 Å². The number of hydrogen-bond acceptors (Lipinski definition) is 4. The predicted octanol–water partition coefficient (Wildman–Crippen LogP) is 0.363. The summed E-state index contributed by atoms with van der Waals surface area (Å²) in [4.78, 5) is 21.8. The molecule has 1 heterocycles. The molecule has 2 atom stereocenters. The molecule has 1 amide bonds. The Morgan fingerprint density at radius 3 is 2.40 bits per heavy atom. The molecular formula is C9H15NO5. The Labute approximate surface area is 87.5 Å². The maximum Gasteiger partial charge on any atom is 0.408 e. The van der Waals surface area contributed by atoms with E-state index in [1.54, 1.807) is 20.8 Å². The van der Waals surface area contributed by atoms with Crippen LogP contribution in [0.2, 0.25) is 0 Å². The van der Waals surface area contributed by atoms with Gasteiger partial charge in [0.1, 0.15) is 5.60 Å². The normalized spacial score (nSPS) is 25.3. The van der Waals surface area contributed by atoms with Crippen LogP contribution in [0.5, 0.6) is 0 Å². The third kappa shape index (κ3) is 3.39. The van der Waals surface area contributed by atoms with E-state index in [0.29, 0.717) is 0 Å². The number of nitrogens with one attached hydrogen (secondary N) is 1. The molecule has 15 heavy (non-hydrogen) atoms. The Morgan fingerprint density at radius 2 is 2.07 bits per heavy atom. The fourth-order valence-corrected chi connectivity index (χ4v) is 1.11. The Kier molecular flexibility index (Phi) is 3.18. The molecule has 86 valence electrons. The summed E-state index contributed by atoms with van der Waals surface area (Å²) in [6.45, 7) is 5.41. The number of carboxylic acid groups (broad SMARTS) is 1. The van der Waals surface area contributed by atoms with Crippen LogP contribution in [-0.2, 0) is 14.3 Å². The molecule has 1 aliphatic heterocycles. The first-order chi connectivity index (χ1) is 6.79. The van der Waals surface area contributed by atoms with Gasteiger partial charge in [-0.3, -0.25) is 0 Å². The SMILES string of the molecule is CC(C)(C)OC(=O)N[C@H]1CO[C@@H]1C(=O)O. The second kappa shape index (κ2) is 4.06. The molecular weight excluding hydrogens is 202 g/mol. The smallest absolute Gasteiger partial charge is 0.408 e. The quantitative estimate of drug-likeness (QED) is 0.697. The first kappa shape index (κ1) is 11.8. The third-order valence-electron chi connectivity index (χ3n) is 1.77. The summed E-state index contributed by atoms with van der Waals surface area (Å²) in [7, 11) is 0. The van der Waals surface area contributed by atoms with E-state index in [4.69, 9.17) is 14.6 Å². The van der Waals surface area contributed by atoms with Crippen molar-refractivity contribution in [1.82, 2.24) is 5.32 Å². The molecule has 6 heteroatoms. The number of alkyl carbamates (subject to hydrolysis) is 1. The number of hydrogen-bond donors (Lipinski definition) is 2. The lowest BCUT2D eigenvalue weighted by molar-refractivity contribution is -0.169. The van der Waals surface area contributed by atoms with Crippen molar-refractivity contribution in [2.75, 3.05) is 6.61 Å². The summed E-state index contributed by atoms with van der Waals surface area (Å²) in [5.74, 6) is -1.08. The van der Waals surface area contributed by atoms with Gasteiger partial charge in [0.2, 0.25) is 0 Å². The average molecular weight is 217 g/mol. The van der Waals surface area contributed by atoms with Crippen LogP contribution in [0.15, 0.2) is 0 Å². The van der Waals surface area contributed by atoms with Crippen LogP contribution in [0.25, 0.3) is 0 Å². The first-order valence-electron chi connectivity index (χ1n) is 4.63. The second-order valence-corrected chi connectivity index (χ2v) is 4.34. The van der Waals surface area contributed by atoms with Crippen molar-refractivity contribution in [3.63, 3.8) is 0 Å². The van der Waals surface area contributed by atoms with Crippen LogP contribution < -0.4 is 5.32 Å². The summed E-state index contributed by atoms with van der Waals surface area (Å²) < 4.78 is 9.74. The highest BCUT2D eigenvalue weighted by atomic mass is 16.6. The zero-order valence-corrected chi connectivity index (χ0v) is 8.94. The summed E-state index contributed by atoms with van der Waals surface area (Å²) in [6, 6.07) is -0.502. The highest BCUT2D eigenvalue weighted by molar-refractivity contribution is 5.76. The molecule has 6 nitrogen and oxygen atoms in total. The minimum Gasteiger partial charge on any atom is -0.479 e. The van der Waals surface area contributed by atoms with Gasteiger partial charge < -0.3 is 19.9 Å².